The van der Waals surface area contributed by atoms with Crippen LogP contribution < -0.4 is 15.5 Å². The summed E-state index contributed by atoms with van der Waals surface area (Å²) in [5.74, 6) is -0.615. The number of carbonyl (C=O) groups is 2. The van der Waals surface area contributed by atoms with Crippen LogP contribution in [-0.2, 0) is 16.0 Å². The largest absolute Gasteiger partial charge is 0.507 e. The molecule has 2 aromatic carbocycles. The maximum absolute atomic E-state index is 12.9. The molecule has 9 heteroatoms. The molecule has 8 nitrogen and oxygen atoms in total. The molecule has 1 saturated heterocycles. The maximum Gasteiger partial charge on any atom is 0.251 e. The summed E-state index contributed by atoms with van der Waals surface area (Å²) in [6.07, 6.45) is 0.228. The number of ether oxygens (including phenoxy) is 1. The average Bonchev–Trinajstić information content (AvgIpc) is 2.81. The summed E-state index contributed by atoms with van der Waals surface area (Å²) in [6, 6.07) is 11.8. The Morgan fingerprint density at radius 1 is 1.25 bits per heavy atom. The first kappa shape index (κ1) is 23.8. The number of phenols is 1. The summed E-state index contributed by atoms with van der Waals surface area (Å²) >= 11 is 2.03. The van der Waals surface area contributed by atoms with Crippen molar-refractivity contribution in [2.45, 2.75) is 19.4 Å². The molecule has 0 saturated carbocycles. The highest BCUT2D eigenvalue weighted by Crippen LogP contribution is 2.26. The number of carbonyl (C=O) groups excluding carboxylic acids is 2. The van der Waals surface area contributed by atoms with E-state index in [0.717, 1.165) is 24.3 Å². The zero-order valence-electron chi connectivity index (χ0n) is 17.7. The van der Waals surface area contributed by atoms with Crippen LogP contribution in [0.4, 0.5) is 5.69 Å². The summed E-state index contributed by atoms with van der Waals surface area (Å²) in [7, 11) is 0. The van der Waals surface area contributed by atoms with E-state index in [-0.39, 0.29) is 24.6 Å². The number of rotatable bonds is 7. The first-order chi connectivity index (χ1) is 15.4. The Hall–Kier alpha value is -2.84. The van der Waals surface area contributed by atoms with E-state index in [0.29, 0.717) is 27.9 Å². The van der Waals surface area contributed by atoms with Gasteiger partial charge in [-0.3, -0.25) is 9.59 Å². The molecule has 2 amide bonds. The van der Waals surface area contributed by atoms with Gasteiger partial charge in [-0.1, -0.05) is 6.07 Å². The Balaban J connectivity index is 1.74. The van der Waals surface area contributed by atoms with Crippen molar-refractivity contribution in [1.82, 2.24) is 10.6 Å². The lowest BCUT2D eigenvalue weighted by Crippen LogP contribution is -2.48. The van der Waals surface area contributed by atoms with E-state index in [2.05, 4.69) is 15.5 Å². The molecule has 3 N–H and O–H groups in total. The fourth-order valence-electron chi connectivity index (χ4n) is 3.51. The number of aryl methyl sites for hydroxylation is 1. The van der Waals surface area contributed by atoms with Crippen LogP contribution >= 0.6 is 22.6 Å². The minimum atomic E-state index is -0.866. The van der Waals surface area contributed by atoms with Crippen molar-refractivity contribution in [3.8, 4) is 11.8 Å². The van der Waals surface area contributed by atoms with Crippen molar-refractivity contribution in [3.05, 3.63) is 56.7 Å². The Kier molecular flexibility index (Phi) is 8.30. The van der Waals surface area contributed by atoms with E-state index in [1.807, 2.05) is 40.8 Å². The molecule has 0 spiro atoms. The minimum absolute atomic E-state index is 0.147. The van der Waals surface area contributed by atoms with Crippen LogP contribution in [0.3, 0.4) is 0 Å². The number of nitrogens with one attached hydrogen (secondary N) is 2. The van der Waals surface area contributed by atoms with Gasteiger partial charge in [0.2, 0.25) is 5.91 Å². The average molecular weight is 548 g/mol. The Labute approximate surface area is 200 Å². The number of nitriles is 1. The highest BCUT2D eigenvalue weighted by atomic mass is 127. The lowest BCUT2D eigenvalue weighted by atomic mass is 10.0. The summed E-state index contributed by atoms with van der Waals surface area (Å²) < 4.78 is 6.03. The van der Waals surface area contributed by atoms with Gasteiger partial charge in [-0.15, -0.1) is 0 Å². The summed E-state index contributed by atoms with van der Waals surface area (Å²) in [4.78, 5) is 27.7. The molecule has 1 atom stereocenters. The third-order valence-corrected chi connectivity index (χ3v) is 6.05. The van der Waals surface area contributed by atoms with Crippen molar-refractivity contribution in [2.24, 2.45) is 0 Å². The van der Waals surface area contributed by atoms with E-state index in [9.17, 15) is 14.7 Å². The molecule has 1 heterocycles. The van der Waals surface area contributed by atoms with Gasteiger partial charge in [0.15, 0.2) is 0 Å². The third-order valence-electron chi connectivity index (χ3n) is 5.22. The molecule has 32 heavy (non-hydrogen) atoms. The van der Waals surface area contributed by atoms with E-state index < -0.39 is 11.9 Å². The van der Waals surface area contributed by atoms with Crippen molar-refractivity contribution < 1.29 is 19.4 Å². The van der Waals surface area contributed by atoms with E-state index in [4.69, 9.17) is 10.00 Å². The predicted octanol–water partition coefficient (Wildman–Crippen LogP) is 2.12. The number of hydrogen-bond donors (Lipinski definition) is 3. The summed E-state index contributed by atoms with van der Waals surface area (Å²) in [5.41, 5.74) is 2.94. The topological polar surface area (TPSA) is 115 Å². The van der Waals surface area contributed by atoms with Crippen molar-refractivity contribution in [3.63, 3.8) is 0 Å². The lowest BCUT2D eigenvalue weighted by Gasteiger charge is -2.28. The Morgan fingerprint density at radius 2 is 1.94 bits per heavy atom. The number of benzene rings is 2. The quantitative estimate of drug-likeness (QED) is 0.361. The highest BCUT2D eigenvalue weighted by Gasteiger charge is 2.23. The molecule has 0 bridgehead atoms. The van der Waals surface area contributed by atoms with Gasteiger partial charge in [-0.25, -0.2) is 0 Å². The number of aromatic hydroxyl groups is 1. The SMILES string of the molecule is Cc1cc(C[C@H](NC(=O)c2ccc(N3CCOCC3)cc2)C(=O)NCC#N)cc(I)c1O. The van der Waals surface area contributed by atoms with E-state index >= 15 is 0 Å². The van der Waals surface area contributed by atoms with Gasteiger partial charge in [0.1, 0.15) is 18.3 Å². The van der Waals surface area contributed by atoms with Gasteiger partial charge in [0, 0.05) is 30.8 Å². The van der Waals surface area contributed by atoms with Crippen LogP contribution in [0, 0.1) is 21.8 Å². The molecule has 168 valence electrons. The van der Waals surface area contributed by atoms with Gasteiger partial charge < -0.3 is 25.4 Å². The van der Waals surface area contributed by atoms with Crippen molar-refractivity contribution in [1.29, 1.82) is 5.26 Å². The standard InChI is InChI=1S/C23H25IN4O4/c1-15-12-16(13-19(24)21(15)29)14-20(23(31)26-7-6-25)27-22(30)17-2-4-18(5-3-17)28-8-10-32-11-9-28/h2-5,12-13,20,29H,7-11,14H2,1H3,(H,26,31)(H,27,30)/t20-/m0/s1. The fourth-order valence-corrected chi connectivity index (χ4v) is 4.33. The van der Waals surface area contributed by atoms with Crippen LogP contribution in [0.25, 0.3) is 0 Å². The third kappa shape index (κ3) is 6.11. The van der Waals surface area contributed by atoms with E-state index in [1.165, 1.54) is 0 Å². The number of nitrogens with zero attached hydrogens (tertiary/aromatic N) is 2. The first-order valence-corrected chi connectivity index (χ1v) is 11.3. The van der Waals surface area contributed by atoms with E-state index in [1.54, 1.807) is 31.2 Å². The zero-order valence-corrected chi connectivity index (χ0v) is 19.9. The summed E-state index contributed by atoms with van der Waals surface area (Å²) in [6.45, 7) is 4.59. The smallest absolute Gasteiger partial charge is 0.251 e. The van der Waals surface area contributed by atoms with Gasteiger partial charge in [-0.2, -0.15) is 5.26 Å². The number of halogens is 1. The highest BCUT2D eigenvalue weighted by molar-refractivity contribution is 14.1. The minimum Gasteiger partial charge on any atom is -0.507 e. The molecular weight excluding hydrogens is 523 g/mol. The van der Waals surface area contributed by atoms with Gasteiger partial charge >= 0.3 is 0 Å². The zero-order chi connectivity index (χ0) is 23.1. The van der Waals surface area contributed by atoms with Gasteiger partial charge in [0.05, 0.1) is 22.9 Å². The molecule has 1 aliphatic rings. The second kappa shape index (κ2) is 11.2. The molecule has 2 aromatic rings. The molecule has 1 aliphatic heterocycles. The predicted molar refractivity (Wildman–Crippen MR) is 129 cm³/mol. The summed E-state index contributed by atoms with van der Waals surface area (Å²) in [5, 5.41) is 24.1. The Morgan fingerprint density at radius 3 is 2.56 bits per heavy atom. The van der Waals surface area contributed by atoms with Crippen LogP contribution in [-0.4, -0.2) is 55.8 Å². The number of anilines is 1. The fraction of sp³-hybridized carbons (Fsp3) is 0.348. The normalized spacial score (nSPS) is 14.3. The van der Waals surface area contributed by atoms with Crippen molar-refractivity contribution in [2.75, 3.05) is 37.7 Å². The second-order valence-corrected chi connectivity index (χ2v) is 8.66. The number of amides is 2. The maximum atomic E-state index is 12.9. The number of morpholine rings is 1. The molecule has 0 aliphatic carbocycles. The van der Waals surface area contributed by atoms with Gasteiger partial charge in [-0.05, 0) is 71.0 Å². The Bertz CT molecular complexity index is 991. The lowest BCUT2D eigenvalue weighted by molar-refractivity contribution is -0.122. The van der Waals surface area contributed by atoms with Crippen molar-refractivity contribution >= 4 is 40.1 Å². The van der Waals surface area contributed by atoms with Gasteiger partial charge in [0.25, 0.3) is 5.91 Å². The molecule has 3 rings (SSSR count). The number of phenolic OH excluding ortho intramolecular Hbond substituents is 1. The second-order valence-electron chi connectivity index (χ2n) is 7.50. The molecule has 0 radical (unpaired) electrons. The molecule has 1 fully saturated rings. The van der Waals surface area contributed by atoms with Crippen LogP contribution in [0.2, 0.25) is 0 Å². The first-order valence-electron chi connectivity index (χ1n) is 10.3. The van der Waals surface area contributed by atoms with Crippen LogP contribution in [0.1, 0.15) is 21.5 Å². The van der Waals surface area contributed by atoms with Crippen LogP contribution in [0.5, 0.6) is 5.75 Å². The molecule has 0 aromatic heterocycles. The molecule has 0 unspecified atom stereocenters. The van der Waals surface area contributed by atoms with Crippen LogP contribution in [0.15, 0.2) is 36.4 Å². The monoisotopic (exact) mass is 548 g/mol. The number of hydrogen-bond acceptors (Lipinski definition) is 6. The molecular formula is C23H25IN4O4.